The zero-order valence-electron chi connectivity index (χ0n) is 7.80. The van der Waals surface area contributed by atoms with E-state index in [1.807, 2.05) is 0 Å². The quantitative estimate of drug-likeness (QED) is 0.615. The van der Waals surface area contributed by atoms with Gasteiger partial charge in [0.1, 0.15) is 6.20 Å². The molecule has 0 radical (unpaired) electrons. The Morgan fingerprint density at radius 2 is 2.27 bits per heavy atom. The van der Waals surface area contributed by atoms with Crippen LogP contribution in [0.2, 0.25) is 0 Å². The van der Waals surface area contributed by atoms with Gasteiger partial charge in [0, 0.05) is 6.54 Å². The number of quaternary nitrogens is 1. The lowest BCUT2D eigenvalue weighted by Crippen LogP contribution is -3.03. The maximum absolute atomic E-state index is 2.38. The van der Waals surface area contributed by atoms with E-state index in [0.717, 1.165) is 12.6 Å². The summed E-state index contributed by atoms with van der Waals surface area (Å²) >= 11 is 0. The van der Waals surface area contributed by atoms with Crippen LogP contribution in [0.5, 0.6) is 0 Å². The van der Waals surface area contributed by atoms with Gasteiger partial charge in [-0.25, -0.2) is 0 Å². The first-order valence-electron chi connectivity index (χ1n) is 4.43. The molecule has 1 unspecified atom stereocenters. The minimum absolute atomic E-state index is 0.823. The van der Waals surface area contributed by atoms with Crippen molar-refractivity contribution < 1.29 is 4.90 Å². The molecular formula is C9H19N2+. The van der Waals surface area contributed by atoms with Crippen molar-refractivity contribution >= 4 is 0 Å². The van der Waals surface area contributed by atoms with Crippen molar-refractivity contribution in [1.82, 2.24) is 4.90 Å². The molecule has 1 atom stereocenters. The van der Waals surface area contributed by atoms with E-state index in [2.05, 4.69) is 38.2 Å². The lowest BCUT2D eigenvalue weighted by atomic mass is 10.1. The van der Waals surface area contributed by atoms with Gasteiger partial charge in [0.2, 0.25) is 0 Å². The molecule has 0 aromatic rings. The highest BCUT2D eigenvalue weighted by molar-refractivity contribution is 4.77. The highest BCUT2D eigenvalue weighted by Gasteiger charge is 2.11. The largest absolute Gasteiger partial charge is 0.326 e. The van der Waals surface area contributed by atoms with Gasteiger partial charge in [0.25, 0.3) is 0 Å². The zero-order chi connectivity index (χ0) is 8.27. The molecule has 0 aliphatic carbocycles. The molecule has 1 heterocycles. The van der Waals surface area contributed by atoms with Crippen LogP contribution in [0, 0.1) is 5.92 Å². The number of hydrogen-bond donors (Lipinski definition) is 1. The minimum Gasteiger partial charge on any atom is -0.326 e. The molecule has 1 aliphatic heterocycles. The standard InChI is InChI=1S/C9H18N2/c1-9(2)4-5-11-7-6-10(3)8-11/h6-7,9H,4-5,8H2,1-3H3/p+1. The summed E-state index contributed by atoms with van der Waals surface area (Å²) in [4.78, 5) is 3.86. The molecule has 1 aliphatic rings. The third-order valence-electron chi connectivity index (χ3n) is 2.02. The van der Waals surface area contributed by atoms with E-state index in [0.29, 0.717) is 0 Å². The molecule has 0 aromatic carbocycles. The van der Waals surface area contributed by atoms with E-state index in [1.54, 1.807) is 0 Å². The summed E-state index contributed by atoms with van der Waals surface area (Å²) in [6, 6.07) is 0. The van der Waals surface area contributed by atoms with Gasteiger partial charge in [-0.05, 0) is 12.3 Å². The van der Waals surface area contributed by atoms with E-state index >= 15 is 0 Å². The maximum atomic E-state index is 2.38. The maximum Gasteiger partial charge on any atom is 0.156 e. The second kappa shape index (κ2) is 3.77. The van der Waals surface area contributed by atoms with E-state index < -0.39 is 0 Å². The van der Waals surface area contributed by atoms with Crippen LogP contribution in [0.4, 0.5) is 0 Å². The van der Waals surface area contributed by atoms with Gasteiger partial charge >= 0.3 is 0 Å². The lowest BCUT2D eigenvalue weighted by Gasteiger charge is -2.15. The molecule has 0 saturated heterocycles. The predicted molar refractivity (Wildman–Crippen MR) is 47.1 cm³/mol. The summed E-state index contributed by atoms with van der Waals surface area (Å²) < 4.78 is 0. The molecule has 2 heteroatoms. The van der Waals surface area contributed by atoms with Gasteiger partial charge in [0.15, 0.2) is 6.67 Å². The second-order valence-corrected chi connectivity index (χ2v) is 3.82. The predicted octanol–water partition coefficient (Wildman–Crippen LogP) is 0.291. The smallest absolute Gasteiger partial charge is 0.156 e. The highest BCUT2D eigenvalue weighted by atomic mass is 15.3. The highest BCUT2D eigenvalue weighted by Crippen LogP contribution is 2.01. The Morgan fingerprint density at radius 3 is 2.73 bits per heavy atom. The molecule has 0 saturated carbocycles. The van der Waals surface area contributed by atoms with E-state index in [4.69, 9.17) is 0 Å². The van der Waals surface area contributed by atoms with Gasteiger partial charge < -0.3 is 4.90 Å². The second-order valence-electron chi connectivity index (χ2n) is 3.82. The zero-order valence-corrected chi connectivity index (χ0v) is 7.80. The molecule has 1 N–H and O–H groups in total. The topological polar surface area (TPSA) is 7.68 Å². The Kier molecular flexibility index (Phi) is 2.94. The summed E-state index contributed by atoms with van der Waals surface area (Å²) in [5, 5.41) is 0. The Hall–Kier alpha value is -0.500. The lowest BCUT2D eigenvalue weighted by molar-refractivity contribution is -0.826. The first-order chi connectivity index (χ1) is 5.18. The first-order valence-corrected chi connectivity index (χ1v) is 4.43. The Morgan fingerprint density at radius 1 is 1.55 bits per heavy atom. The van der Waals surface area contributed by atoms with Gasteiger partial charge in [-0.2, -0.15) is 0 Å². The first kappa shape index (κ1) is 8.60. The van der Waals surface area contributed by atoms with Crippen LogP contribution >= 0.6 is 0 Å². The number of rotatable bonds is 3. The van der Waals surface area contributed by atoms with Crippen LogP contribution in [0.15, 0.2) is 12.4 Å². The van der Waals surface area contributed by atoms with Crippen LogP contribution < -0.4 is 4.90 Å². The molecular weight excluding hydrogens is 136 g/mol. The fourth-order valence-electron chi connectivity index (χ4n) is 1.24. The fraction of sp³-hybridized carbons (Fsp3) is 0.778. The molecule has 0 bridgehead atoms. The number of nitrogens with one attached hydrogen (secondary N) is 1. The normalized spacial score (nSPS) is 23.6. The van der Waals surface area contributed by atoms with Crippen LogP contribution in [0.25, 0.3) is 0 Å². The monoisotopic (exact) mass is 155 g/mol. The minimum atomic E-state index is 0.823. The van der Waals surface area contributed by atoms with E-state index in [9.17, 15) is 0 Å². The Labute approximate surface area is 69.5 Å². The average Bonchev–Trinajstić information content (AvgIpc) is 2.31. The summed E-state index contributed by atoms with van der Waals surface area (Å²) in [5.74, 6) is 0.823. The fourth-order valence-corrected chi connectivity index (χ4v) is 1.24. The van der Waals surface area contributed by atoms with Crippen molar-refractivity contribution in [3.8, 4) is 0 Å². The molecule has 0 amide bonds. The van der Waals surface area contributed by atoms with Gasteiger partial charge in [-0.1, -0.05) is 13.8 Å². The molecule has 0 fully saturated rings. The molecule has 64 valence electrons. The number of hydrogen-bond acceptors (Lipinski definition) is 1. The molecule has 2 nitrogen and oxygen atoms in total. The van der Waals surface area contributed by atoms with Crippen LogP contribution in [-0.4, -0.2) is 25.2 Å². The van der Waals surface area contributed by atoms with Gasteiger partial charge in [0.05, 0.1) is 13.2 Å². The summed E-state index contributed by atoms with van der Waals surface area (Å²) in [6.07, 6.45) is 5.72. The van der Waals surface area contributed by atoms with Crippen LogP contribution in [-0.2, 0) is 0 Å². The number of nitrogens with zero attached hydrogens (tertiary/aromatic N) is 1. The van der Waals surface area contributed by atoms with Crippen molar-refractivity contribution in [3.63, 3.8) is 0 Å². The molecule has 0 spiro atoms. The van der Waals surface area contributed by atoms with Crippen LogP contribution in [0.3, 0.4) is 0 Å². The third-order valence-corrected chi connectivity index (χ3v) is 2.02. The van der Waals surface area contributed by atoms with Crippen molar-refractivity contribution in [2.75, 3.05) is 20.3 Å². The van der Waals surface area contributed by atoms with Crippen molar-refractivity contribution in [3.05, 3.63) is 12.4 Å². The molecule has 11 heavy (non-hydrogen) atoms. The molecule has 1 rings (SSSR count). The van der Waals surface area contributed by atoms with Crippen molar-refractivity contribution in [2.45, 2.75) is 20.3 Å². The van der Waals surface area contributed by atoms with E-state index in [-0.39, 0.29) is 0 Å². The molecule has 0 aromatic heterocycles. The Balaban J connectivity index is 2.14. The Bertz CT molecular complexity index is 140. The summed E-state index contributed by atoms with van der Waals surface area (Å²) in [7, 11) is 2.19. The SMILES string of the molecule is CC(C)CCN1C=C[NH+](C)C1. The average molecular weight is 155 g/mol. The van der Waals surface area contributed by atoms with Crippen molar-refractivity contribution in [2.24, 2.45) is 5.92 Å². The van der Waals surface area contributed by atoms with Gasteiger partial charge in [-0.3, -0.25) is 4.90 Å². The van der Waals surface area contributed by atoms with Crippen molar-refractivity contribution in [1.29, 1.82) is 0 Å². The summed E-state index contributed by atoms with van der Waals surface area (Å²) in [6.45, 7) is 6.91. The third kappa shape index (κ3) is 2.93. The van der Waals surface area contributed by atoms with E-state index in [1.165, 1.54) is 17.9 Å². The van der Waals surface area contributed by atoms with Crippen LogP contribution in [0.1, 0.15) is 20.3 Å². The van der Waals surface area contributed by atoms with Gasteiger partial charge in [-0.15, -0.1) is 0 Å². The summed E-state index contributed by atoms with van der Waals surface area (Å²) in [5.41, 5.74) is 0.